The lowest BCUT2D eigenvalue weighted by atomic mass is 9.97. The summed E-state index contributed by atoms with van der Waals surface area (Å²) in [7, 11) is 6.34. The molecule has 0 radical (unpaired) electrons. The Balaban J connectivity index is 1.98. The number of methoxy groups -OCH3 is 4. The third-order valence-corrected chi connectivity index (χ3v) is 6.05. The van der Waals surface area contributed by atoms with Crippen LogP contribution in [0, 0.1) is 0 Å². The number of rotatable bonds is 10. The molecule has 1 aliphatic heterocycles. The molecule has 1 atom stereocenters. The summed E-state index contributed by atoms with van der Waals surface area (Å²) in [6, 6.07) is 12.2. The summed E-state index contributed by atoms with van der Waals surface area (Å²) in [5.41, 5.74) is 1.90. The average Bonchev–Trinajstić information content (AvgIpc) is 3.35. The van der Waals surface area contributed by atoms with Crippen molar-refractivity contribution in [2.24, 2.45) is 5.10 Å². The van der Waals surface area contributed by atoms with Crippen LogP contribution in [0.2, 0.25) is 0 Å². The van der Waals surface area contributed by atoms with Crippen molar-refractivity contribution < 1.29 is 28.5 Å². The maximum absolute atomic E-state index is 13.8. The molecule has 3 amide bonds. The van der Waals surface area contributed by atoms with E-state index in [2.05, 4.69) is 5.32 Å². The molecule has 0 aromatic heterocycles. The van der Waals surface area contributed by atoms with E-state index in [1.807, 2.05) is 57.2 Å². The highest BCUT2D eigenvalue weighted by atomic mass is 16.5. The molecule has 0 saturated carbocycles. The number of urea groups is 1. The van der Waals surface area contributed by atoms with Crippen molar-refractivity contribution in [3.8, 4) is 17.2 Å². The van der Waals surface area contributed by atoms with Crippen LogP contribution in [0.15, 0.2) is 47.6 Å². The first kappa shape index (κ1) is 28.8. The monoisotopic (exact) mass is 526 g/mol. The molecule has 0 unspecified atom stereocenters. The van der Waals surface area contributed by atoms with E-state index in [0.717, 1.165) is 22.6 Å². The molecule has 0 spiro atoms. The van der Waals surface area contributed by atoms with Crippen molar-refractivity contribution in [2.75, 3.05) is 48.1 Å². The normalized spacial score (nSPS) is 15.1. The summed E-state index contributed by atoms with van der Waals surface area (Å²) in [5.74, 6) is 1.65. The second kappa shape index (κ2) is 12.6. The zero-order valence-electron chi connectivity index (χ0n) is 23.2. The van der Waals surface area contributed by atoms with E-state index in [-0.39, 0.29) is 25.0 Å². The number of nitrogens with zero attached hydrogens (tertiary/aromatic N) is 3. The Labute approximate surface area is 224 Å². The van der Waals surface area contributed by atoms with Crippen LogP contribution in [-0.4, -0.2) is 81.2 Å². The Morgan fingerprint density at radius 3 is 2.24 bits per heavy atom. The van der Waals surface area contributed by atoms with Gasteiger partial charge in [-0.05, 0) is 68.8 Å². The van der Waals surface area contributed by atoms with Gasteiger partial charge in [0.2, 0.25) is 0 Å². The number of hydrazone groups is 1. The van der Waals surface area contributed by atoms with Gasteiger partial charge in [-0.25, -0.2) is 9.80 Å². The minimum atomic E-state index is -0.463. The SMILES string of the molecule is COCCN(CC(=O)N1N=C(c2ccc(OC)cc2)C[C@@H]1c1cc(OC)ccc1OC)C(=O)NC(C)(C)C. The third-order valence-electron chi connectivity index (χ3n) is 6.05. The van der Waals surface area contributed by atoms with Crippen LogP contribution in [-0.2, 0) is 9.53 Å². The largest absolute Gasteiger partial charge is 0.497 e. The van der Waals surface area contributed by atoms with E-state index < -0.39 is 11.6 Å². The van der Waals surface area contributed by atoms with Crippen molar-refractivity contribution in [3.63, 3.8) is 0 Å². The van der Waals surface area contributed by atoms with Gasteiger partial charge >= 0.3 is 6.03 Å². The summed E-state index contributed by atoms with van der Waals surface area (Å²) >= 11 is 0. The summed E-state index contributed by atoms with van der Waals surface area (Å²) in [6.07, 6.45) is 0.452. The average molecular weight is 527 g/mol. The lowest BCUT2D eigenvalue weighted by molar-refractivity contribution is -0.133. The zero-order chi connectivity index (χ0) is 27.9. The number of nitrogens with one attached hydrogen (secondary N) is 1. The predicted octanol–water partition coefficient (Wildman–Crippen LogP) is 3.85. The summed E-state index contributed by atoms with van der Waals surface area (Å²) in [5, 5.41) is 9.11. The molecule has 0 fully saturated rings. The summed E-state index contributed by atoms with van der Waals surface area (Å²) < 4.78 is 21.5. The van der Waals surface area contributed by atoms with E-state index >= 15 is 0 Å². The Bertz CT molecular complexity index is 1140. The van der Waals surface area contributed by atoms with Gasteiger partial charge in [0.1, 0.15) is 23.8 Å². The molecule has 1 heterocycles. The molecule has 0 aliphatic carbocycles. The van der Waals surface area contributed by atoms with Gasteiger partial charge in [-0.1, -0.05) is 0 Å². The first-order valence-electron chi connectivity index (χ1n) is 12.4. The van der Waals surface area contributed by atoms with Crippen molar-refractivity contribution in [3.05, 3.63) is 53.6 Å². The van der Waals surface area contributed by atoms with Crippen LogP contribution in [0.3, 0.4) is 0 Å². The second-order valence-corrected chi connectivity index (χ2v) is 9.94. The Morgan fingerprint density at radius 1 is 1.00 bits per heavy atom. The molecule has 1 aliphatic rings. The molecule has 0 bridgehead atoms. The Morgan fingerprint density at radius 2 is 1.66 bits per heavy atom. The van der Waals surface area contributed by atoms with E-state index in [1.165, 1.54) is 9.91 Å². The molecule has 1 N–H and O–H groups in total. The van der Waals surface area contributed by atoms with Crippen LogP contribution in [0.5, 0.6) is 17.2 Å². The van der Waals surface area contributed by atoms with Gasteiger partial charge in [0.25, 0.3) is 5.91 Å². The molecule has 2 aromatic rings. The van der Waals surface area contributed by atoms with Crippen molar-refractivity contribution >= 4 is 17.6 Å². The van der Waals surface area contributed by atoms with Gasteiger partial charge < -0.3 is 29.2 Å². The molecular formula is C28H38N4O6. The molecule has 206 valence electrons. The van der Waals surface area contributed by atoms with E-state index in [9.17, 15) is 9.59 Å². The fourth-order valence-corrected chi connectivity index (χ4v) is 4.13. The molecule has 0 saturated heterocycles. The Hall–Kier alpha value is -3.79. The predicted molar refractivity (Wildman–Crippen MR) is 145 cm³/mol. The molecule has 10 heteroatoms. The van der Waals surface area contributed by atoms with Crippen LogP contribution in [0.1, 0.15) is 44.4 Å². The fraction of sp³-hybridized carbons (Fsp3) is 0.464. The minimum Gasteiger partial charge on any atom is -0.497 e. The van der Waals surface area contributed by atoms with Crippen molar-refractivity contribution in [1.29, 1.82) is 0 Å². The number of amides is 3. The van der Waals surface area contributed by atoms with Crippen LogP contribution < -0.4 is 19.5 Å². The van der Waals surface area contributed by atoms with Gasteiger partial charge in [0.05, 0.1) is 39.7 Å². The van der Waals surface area contributed by atoms with Gasteiger partial charge in [-0.15, -0.1) is 0 Å². The van der Waals surface area contributed by atoms with Gasteiger partial charge in [0, 0.05) is 31.2 Å². The molecule has 38 heavy (non-hydrogen) atoms. The highest BCUT2D eigenvalue weighted by Crippen LogP contribution is 2.39. The van der Waals surface area contributed by atoms with Crippen LogP contribution in [0.4, 0.5) is 4.79 Å². The molecule has 3 rings (SSSR count). The van der Waals surface area contributed by atoms with E-state index in [4.69, 9.17) is 24.0 Å². The smallest absolute Gasteiger partial charge is 0.318 e. The number of carbonyl (C=O) groups excluding carboxylic acids is 2. The standard InChI is InChI=1S/C28H38N4O6/c1-28(2,3)29-27(34)31(14-15-35-4)18-26(33)32-24(22-16-21(37-6)12-13-25(22)38-7)17-23(30-32)19-8-10-20(36-5)11-9-19/h8-13,16,24H,14-15,17-18H2,1-7H3,(H,29,34)/t24-/m1/s1. The first-order valence-corrected chi connectivity index (χ1v) is 12.4. The van der Waals surface area contributed by atoms with Gasteiger partial charge in [-0.3, -0.25) is 4.79 Å². The maximum atomic E-state index is 13.8. The lowest BCUT2D eigenvalue weighted by Crippen LogP contribution is -2.52. The number of ether oxygens (including phenoxy) is 4. The van der Waals surface area contributed by atoms with Gasteiger partial charge in [-0.2, -0.15) is 5.10 Å². The summed E-state index contributed by atoms with van der Waals surface area (Å²) in [6.45, 7) is 6.03. The molecule has 2 aromatic carbocycles. The highest BCUT2D eigenvalue weighted by molar-refractivity contribution is 6.03. The number of carbonyl (C=O) groups is 2. The number of benzene rings is 2. The molecule has 10 nitrogen and oxygen atoms in total. The lowest BCUT2D eigenvalue weighted by Gasteiger charge is -2.30. The van der Waals surface area contributed by atoms with E-state index in [1.54, 1.807) is 34.5 Å². The van der Waals surface area contributed by atoms with Crippen molar-refractivity contribution in [2.45, 2.75) is 38.8 Å². The highest BCUT2D eigenvalue weighted by Gasteiger charge is 2.36. The van der Waals surface area contributed by atoms with Crippen molar-refractivity contribution in [1.82, 2.24) is 15.2 Å². The quantitative estimate of drug-likeness (QED) is 0.505. The van der Waals surface area contributed by atoms with Gasteiger partial charge in [0.15, 0.2) is 0 Å². The first-order chi connectivity index (χ1) is 18.1. The maximum Gasteiger partial charge on any atom is 0.318 e. The summed E-state index contributed by atoms with van der Waals surface area (Å²) in [4.78, 5) is 28.2. The minimum absolute atomic E-state index is 0.173. The zero-order valence-corrected chi connectivity index (χ0v) is 23.2. The van der Waals surface area contributed by atoms with Crippen LogP contribution in [0.25, 0.3) is 0 Å². The number of hydrogen-bond donors (Lipinski definition) is 1. The van der Waals surface area contributed by atoms with E-state index in [0.29, 0.717) is 24.5 Å². The fourth-order valence-electron chi connectivity index (χ4n) is 4.13. The number of hydrogen-bond acceptors (Lipinski definition) is 7. The second-order valence-electron chi connectivity index (χ2n) is 9.94. The Kier molecular flexibility index (Phi) is 9.57. The third kappa shape index (κ3) is 7.16. The topological polar surface area (TPSA) is 102 Å². The molecular weight excluding hydrogens is 488 g/mol. The van der Waals surface area contributed by atoms with Crippen LogP contribution >= 0.6 is 0 Å².